The van der Waals surface area contributed by atoms with E-state index in [0.29, 0.717) is 21.4 Å². The van der Waals surface area contributed by atoms with E-state index in [4.69, 9.17) is 4.74 Å². The molecule has 1 heterocycles. The average Bonchev–Trinajstić information content (AvgIpc) is 2.68. The fourth-order valence-corrected chi connectivity index (χ4v) is 3.20. The van der Waals surface area contributed by atoms with E-state index in [1.807, 2.05) is 30.3 Å². The Morgan fingerprint density at radius 2 is 1.79 bits per heavy atom. The number of fused-ring (bicyclic) bond motifs is 1. The Morgan fingerprint density at radius 1 is 0.964 bits per heavy atom. The fraction of sp³-hybridized carbons (Fsp3) is 0.0476. The maximum atomic E-state index is 14.5. The summed E-state index contributed by atoms with van der Waals surface area (Å²) in [6.45, 7) is 0.269. The summed E-state index contributed by atoms with van der Waals surface area (Å²) in [4.78, 5) is 8.25. The number of nitrogens with zero attached hydrogens (tertiary/aromatic N) is 2. The molecule has 28 heavy (non-hydrogen) atoms. The molecule has 0 spiro atoms. The second-order valence-corrected chi connectivity index (χ2v) is 6.96. The number of hydrogen-bond donors (Lipinski definition) is 1. The molecule has 1 N–H and O–H groups in total. The summed E-state index contributed by atoms with van der Waals surface area (Å²) in [5.74, 6) is -0.336. The molecule has 0 saturated carbocycles. The van der Waals surface area contributed by atoms with Crippen LogP contribution in [0.4, 0.5) is 20.3 Å². The van der Waals surface area contributed by atoms with Crippen LogP contribution in [-0.2, 0) is 6.61 Å². The summed E-state index contributed by atoms with van der Waals surface area (Å²) in [5.41, 5.74) is 1.86. The molecule has 4 rings (SSSR count). The van der Waals surface area contributed by atoms with Gasteiger partial charge in [0.2, 0.25) is 0 Å². The topological polar surface area (TPSA) is 47.0 Å². The lowest BCUT2D eigenvalue weighted by Gasteiger charge is -2.14. The van der Waals surface area contributed by atoms with Crippen LogP contribution in [0.25, 0.3) is 10.9 Å². The van der Waals surface area contributed by atoms with E-state index in [1.165, 1.54) is 30.6 Å². The van der Waals surface area contributed by atoms with Crippen molar-refractivity contribution in [2.45, 2.75) is 6.61 Å². The van der Waals surface area contributed by atoms with Crippen LogP contribution >= 0.6 is 15.9 Å². The summed E-state index contributed by atoms with van der Waals surface area (Å²) >= 11 is 3.25. The number of benzene rings is 3. The third kappa shape index (κ3) is 3.94. The lowest BCUT2D eigenvalue weighted by atomic mass is 10.2. The minimum absolute atomic E-state index is 0.240. The van der Waals surface area contributed by atoms with Gasteiger partial charge in [-0.15, -0.1) is 0 Å². The highest BCUT2D eigenvalue weighted by molar-refractivity contribution is 9.10. The highest BCUT2D eigenvalue weighted by atomic mass is 79.9. The Kier molecular flexibility index (Phi) is 5.16. The highest BCUT2D eigenvalue weighted by Gasteiger charge is 2.13. The SMILES string of the molecule is Fc1ccc(Nc2ncnc3cc(Br)cc(F)c23)c(OCc2ccccc2)c1. The van der Waals surface area contributed by atoms with Gasteiger partial charge in [0, 0.05) is 10.5 Å². The molecule has 140 valence electrons. The van der Waals surface area contributed by atoms with Crippen molar-refractivity contribution in [3.63, 3.8) is 0 Å². The minimum Gasteiger partial charge on any atom is -0.487 e. The summed E-state index contributed by atoms with van der Waals surface area (Å²) in [5, 5.41) is 3.28. The second kappa shape index (κ2) is 7.90. The summed E-state index contributed by atoms with van der Waals surface area (Å²) in [7, 11) is 0. The largest absolute Gasteiger partial charge is 0.487 e. The maximum Gasteiger partial charge on any atom is 0.146 e. The predicted octanol–water partition coefficient (Wildman–Crippen LogP) is 5.99. The fourth-order valence-electron chi connectivity index (χ4n) is 2.79. The summed E-state index contributed by atoms with van der Waals surface area (Å²) < 4.78 is 34.6. The average molecular weight is 442 g/mol. The van der Waals surface area contributed by atoms with Gasteiger partial charge >= 0.3 is 0 Å². The van der Waals surface area contributed by atoms with Crippen molar-refractivity contribution < 1.29 is 13.5 Å². The number of nitrogens with one attached hydrogen (secondary N) is 1. The van der Waals surface area contributed by atoms with E-state index in [1.54, 1.807) is 6.07 Å². The summed E-state index contributed by atoms with van der Waals surface area (Å²) in [6.07, 6.45) is 1.34. The van der Waals surface area contributed by atoms with Gasteiger partial charge < -0.3 is 10.1 Å². The first-order valence-electron chi connectivity index (χ1n) is 8.43. The molecule has 0 aliphatic rings. The zero-order valence-corrected chi connectivity index (χ0v) is 16.1. The first-order valence-corrected chi connectivity index (χ1v) is 9.22. The van der Waals surface area contributed by atoms with E-state index < -0.39 is 11.6 Å². The number of ether oxygens (including phenoxy) is 1. The number of anilines is 2. The van der Waals surface area contributed by atoms with Crippen LogP contribution in [0.2, 0.25) is 0 Å². The van der Waals surface area contributed by atoms with E-state index in [0.717, 1.165) is 5.56 Å². The second-order valence-electron chi connectivity index (χ2n) is 6.04. The van der Waals surface area contributed by atoms with Crippen LogP contribution in [0.1, 0.15) is 5.56 Å². The Bertz CT molecular complexity index is 1140. The van der Waals surface area contributed by atoms with Gasteiger partial charge in [-0.05, 0) is 29.8 Å². The molecule has 0 aliphatic heterocycles. The lowest BCUT2D eigenvalue weighted by Crippen LogP contribution is -2.02. The van der Waals surface area contributed by atoms with Crippen molar-refractivity contribution in [1.29, 1.82) is 0 Å². The molecule has 0 bridgehead atoms. The van der Waals surface area contributed by atoms with E-state index in [9.17, 15) is 8.78 Å². The number of halogens is 3. The molecule has 0 fully saturated rings. The highest BCUT2D eigenvalue weighted by Crippen LogP contribution is 2.33. The van der Waals surface area contributed by atoms with Crippen LogP contribution in [-0.4, -0.2) is 9.97 Å². The molecule has 1 aromatic heterocycles. The number of hydrogen-bond acceptors (Lipinski definition) is 4. The monoisotopic (exact) mass is 441 g/mol. The molecule has 0 unspecified atom stereocenters. The van der Waals surface area contributed by atoms with Crippen molar-refractivity contribution in [3.8, 4) is 5.75 Å². The lowest BCUT2D eigenvalue weighted by molar-refractivity contribution is 0.306. The number of rotatable bonds is 5. The molecule has 0 radical (unpaired) electrons. The van der Waals surface area contributed by atoms with Gasteiger partial charge in [-0.25, -0.2) is 18.7 Å². The standard InChI is InChI=1S/C21H14BrF2N3O/c22-14-8-16(24)20-18(9-14)25-12-26-21(20)27-17-7-6-15(23)10-19(17)28-11-13-4-2-1-3-5-13/h1-10,12H,11H2,(H,25,26,27). The van der Waals surface area contributed by atoms with Gasteiger partial charge in [0.25, 0.3) is 0 Å². The number of aromatic nitrogens is 2. The third-order valence-electron chi connectivity index (χ3n) is 4.09. The molecule has 4 nitrogen and oxygen atoms in total. The zero-order valence-electron chi connectivity index (χ0n) is 14.5. The smallest absolute Gasteiger partial charge is 0.146 e. The van der Waals surface area contributed by atoms with Crippen LogP contribution in [0.15, 0.2) is 71.5 Å². The molecule has 0 aliphatic carbocycles. The van der Waals surface area contributed by atoms with Crippen molar-refractivity contribution in [2.24, 2.45) is 0 Å². The molecule has 0 saturated heterocycles. The molecule has 3 aromatic carbocycles. The van der Waals surface area contributed by atoms with Crippen LogP contribution < -0.4 is 10.1 Å². The normalized spacial score (nSPS) is 10.8. The van der Waals surface area contributed by atoms with E-state index >= 15 is 0 Å². The Hall–Kier alpha value is -3.06. The van der Waals surface area contributed by atoms with Crippen molar-refractivity contribution >= 4 is 38.3 Å². The minimum atomic E-state index is -0.471. The predicted molar refractivity (Wildman–Crippen MR) is 108 cm³/mol. The van der Waals surface area contributed by atoms with Crippen LogP contribution in [0.5, 0.6) is 5.75 Å². The zero-order chi connectivity index (χ0) is 19.5. The van der Waals surface area contributed by atoms with Crippen molar-refractivity contribution in [1.82, 2.24) is 9.97 Å². The molecular formula is C21H14BrF2N3O. The van der Waals surface area contributed by atoms with Crippen molar-refractivity contribution in [3.05, 3.63) is 88.7 Å². The molecular weight excluding hydrogens is 428 g/mol. The molecule has 0 atom stereocenters. The quantitative estimate of drug-likeness (QED) is 0.412. The van der Waals surface area contributed by atoms with Crippen molar-refractivity contribution in [2.75, 3.05) is 5.32 Å². The first kappa shape index (κ1) is 18.3. The van der Waals surface area contributed by atoms with Crippen LogP contribution in [0.3, 0.4) is 0 Å². The first-order chi connectivity index (χ1) is 13.6. The molecule has 0 amide bonds. The van der Waals surface area contributed by atoms with E-state index in [2.05, 4.69) is 31.2 Å². The third-order valence-corrected chi connectivity index (χ3v) is 4.55. The van der Waals surface area contributed by atoms with Gasteiger partial charge in [-0.2, -0.15) is 0 Å². The Morgan fingerprint density at radius 3 is 2.61 bits per heavy atom. The van der Waals surface area contributed by atoms with Crippen LogP contribution in [0, 0.1) is 11.6 Å². The van der Waals surface area contributed by atoms with Gasteiger partial charge in [-0.1, -0.05) is 46.3 Å². The van der Waals surface area contributed by atoms with Gasteiger partial charge in [-0.3, -0.25) is 0 Å². The van der Waals surface area contributed by atoms with E-state index in [-0.39, 0.29) is 17.8 Å². The molecule has 7 heteroatoms. The maximum absolute atomic E-state index is 14.5. The van der Waals surface area contributed by atoms with Gasteiger partial charge in [0.1, 0.15) is 36.1 Å². The van der Waals surface area contributed by atoms with Gasteiger partial charge in [0.15, 0.2) is 0 Å². The van der Waals surface area contributed by atoms with Gasteiger partial charge in [0.05, 0.1) is 16.6 Å². The Labute approximate surface area is 168 Å². The molecule has 4 aromatic rings. The Balaban J connectivity index is 1.68. The summed E-state index contributed by atoms with van der Waals surface area (Å²) in [6, 6.07) is 16.7.